The van der Waals surface area contributed by atoms with Crippen LogP contribution in [0.4, 0.5) is 13.2 Å². The average Bonchev–Trinajstić information content (AvgIpc) is 2.46. The molecule has 0 aliphatic carbocycles. The molecule has 0 saturated carbocycles. The van der Waals surface area contributed by atoms with Crippen molar-refractivity contribution in [1.29, 1.82) is 0 Å². The highest BCUT2D eigenvalue weighted by molar-refractivity contribution is 14.1. The summed E-state index contributed by atoms with van der Waals surface area (Å²) in [4.78, 5) is 18.6. The summed E-state index contributed by atoms with van der Waals surface area (Å²) in [5, 5.41) is 0.338. The van der Waals surface area contributed by atoms with Crippen molar-refractivity contribution in [2.24, 2.45) is 0 Å². The quantitative estimate of drug-likeness (QED) is 0.605. The molecule has 0 atom stereocenters. The minimum absolute atomic E-state index is 0.0903. The summed E-state index contributed by atoms with van der Waals surface area (Å²) in [6.07, 6.45) is -4.53. The molecule has 0 unspecified atom stereocenters. The van der Waals surface area contributed by atoms with Gasteiger partial charge in [-0.1, -0.05) is 12.1 Å². The van der Waals surface area contributed by atoms with Crippen molar-refractivity contribution in [3.8, 4) is 11.4 Å². The Kier molecular flexibility index (Phi) is 3.67. The van der Waals surface area contributed by atoms with Gasteiger partial charge in [0.05, 0.1) is 16.5 Å². The Bertz CT molecular complexity index is 919. The van der Waals surface area contributed by atoms with E-state index in [0.717, 1.165) is 6.07 Å². The van der Waals surface area contributed by atoms with Gasteiger partial charge in [0.25, 0.3) is 5.56 Å². The number of alkyl halides is 3. The molecule has 0 fully saturated rings. The van der Waals surface area contributed by atoms with Crippen LogP contribution < -0.4 is 5.56 Å². The number of halogens is 4. The third-order valence-electron chi connectivity index (χ3n) is 3.15. The van der Waals surface area contributed by atoms with Crippen molar-refractivity contribution >= 4 is 33.5 Å². The van der Waals surface area contributed by atoms with Crippen molar-refractivity contribution in [3.05, 3.63) is 62.0 Å². The van der Waals surface area contributed by atoms with Crippen molar-refractivity contribution in [1.82, 2.24) is 9.97 Å². The number of rotatable bonds is 1. The van der Waals surface area contributed by atoms with Gasteiger partial charge in [0, 0.05) is 9.13 Å². The number of nitrogens with one attached hydrogen (secondary N) is 1. The van der Waals surface area contributed by atoms with Gasteiger partial charge in [-0.2, -0.15) is 13.2 Å². The summed E-state index contributed by atoms with van der Waals surface area (Å²) in [7, 11) is 0. The normalized spacial score (nSPS) is 11.8. The van der Waals surface area contributed by atoms with Gasteiger partial charge in [0.1, 0.15) is 5.82 Å². The highest BCUT2D eigenvalue weighted by Crippen LogP contribution is 2.36. The number of aromatic nitrogens is 2. The van der Waals surface area contributed by atoms with Gasteiger partial charge in [-0.3, -0.25) is 4.79 Å². The SMILES string of the molecule is O=c1[nH]c(-c2ccc(I)cc2C(F)(F)F)nc2ccccc12. The van der Waals surface area contributed by atoms with Gasteiger partial charge in [-0.05, 0) is 52.9 Å². The Morgan fingerprint density at radius 1 is 1.09 bits per heavy atom. The van der Waals surface area contributed by atoms with E-state index in [9.17, 15) is 18.0 Å². The molecule has 0 saturated heterocycles. The third kappa shape index (κ3) is 2.72. The van der Waals surface area contributed by atoms with E-state index in [1.54, 1.807) is 30.3 Å². The van der Waals surface area contributed by atoms with Crippen LogP contribution in [0.1, 0.15) is 5.56 Å². The Morgan fingerprint density at radius 2 is 1.82 bits per heavy atom. The maximum atomic E-state index is 13.2. The van der Waals surface area contributed by atoms with Crippen molar-refractivity contribution in [2.75, 3.05) is 0 Å². The molecule has 3 rings (SSSR count). The Morgan fingerprint density at radius 3 is 2.55 bits per heavy atom. The molecule has 2 aromatic carbocycles. The summed E-state index contributed by atoms with van der Waals surface area (Å²) in [6.45, 7) is 0. The van der Waals surface area contributed by atoms with Gasteiger partial charge in [-0.15, -0.1) is 0 Å². The van der Waals surface area contributed by atoms with Gasteiger partial charge >= 0.3 is 6.18 Å². The minimum atomic E-state index is -4.53. The number of para-hydroxylation sites is 1. The third-order valence-corrected chi connectivity index (χ3v) is 3.83. The van der Waals surface area contributed by atoms with Crippen LogP contribution in [-0.2, 0) is 6.18 Å². The second-order valence-corrected chi connectivity index (χ2v) is 5.86. The monoisotopic (exact) mass is 416 g/mol. The van der Waals surface area contributed by atoms with E-state index >= 15 is 0 Å². The fourth-order valence-electron chi connectivity index (χ4n) is 2.17. The van der Waals surface area contributed by atoms with Gasteiger partial charge in [0.2, 0.25) is 0 Å². The Hall–Kier alpha value is -1.90. The van der Waals surface area contributed by atoms with E-state index in [4.69, 9.17) is 0 Å². The molecule has 1 N–H and O–H groups in total. The molecule has 0 aliphatic heterocycles. The number of benzene rings is 2. The van der Waals surface area contributed by atoms with Crippen molar-refractivity contribution in [3.63, 3.8) is 0 Å². The molecule has 0 amide bonds. The zero-order valence-corrected chi connectivity index (χ0v) is 13.1. The lowest BCUT2D eigenvalue weighted by molar-refractivity contribution is -0.137. The molecular formula is C15H8F3IN2O. The topological polar surface area (TPSA) is 45.8 Å². The molecule has 3 aromatic rings. The number of fused-ring (bicyclic) bond motifs is 1. The van der Waals surface area contributed by atoms with Crippen molar-refractivity contribution in [2.45, 2.75) is 6.18 Å². The molecule has 1 aromatic heterocycles. The number of aromatic amines is 1. The largest absolute Gasteiger partial charge is 0.417 e. The first-order valence-corrected chi connectivity index (χ1v) is 7.30. The van der Waals surface area contributed by atoms with E-state index in [1.807, 2.05) is 22.6 Å². The predicted octanol–water partition coefficient (Wildman–Crippen LogP) is 4.21. The zero-order chi connectivity index (χ0) is 15.9. The zero-order valence-electron chi connectivity index (χ0n) is 10.9. The van der Waals surface area contributed by atoms with Crippen LogP contribution in [0.15, 0.2) is 47.3 Å². The fourth-order valence-corrected chi connectivity index (χ4v) is 2.66. The summed E-state index contributed by atoms with van der Waals surface area (Å²) < 4.78 is 40.1. The van der Waals surface area contributed by atoms with Gasteiger partial charge in [-0.25, -0.2) is 4.98 Å². The van der Waals surface area contributed by atoms with Crippen LogP contribution in [0.5, 0.6) is 0 Å². The van der Waals surface area contributed by atoms with Gasteiger partial charge in [0.15, 0.2) is 0 Å². The van der Waals surface area contributed by atoms with Crippen molar-refractivity contribution < 1.29 is 13.2 Å². The first-order valence-electron chi connectivity index (χ1n) is 6.22. The molecule has 0 aliphatic rings. The summed E-state index contributed by atoms with van der Waals surface area (Å²) in [5.41, 5.74) is -1.08. The van der Waals surface area contributed by atoms with Crippen LogP contribution >= 0.6 is 22.6 Å². The lowest BCUT2D eigenvalue weighted by Crippen LogP contribution is -2.13. The summed E-state index contributed by atoms with van der Waals surface area (Å²) in [5.74, 6) is -0.0903. The van der Waals surface area contributed by atoms with Crippen LogP contribution in [0.25, 0.3) is 22.3 Å². The standard InChI is InChI=1S/C15H8F3IN2O/c16-15(17,18)11-7-8(19)5-6-9(11)13-20-12-4-2-1-3-10(12)14(22)21-13/h1-7H,(H,20,21,22). The van der Waals surface area contributed by atoms with Crippen LogP contribution in [0.2, 0.25) is 0 Å². The smallest absolute Gasteiger partial charge is 0.306 e. The highest BCUT2D eigenvalue weighted by Gasteiger charge is 2.34. The average molecular weight is 416 g/mol. The van der Waals surface area contributed by atoms with E-state index in [2.05, 4.69) is 9.97 Å². The molecule has 22 heavy (non-hydrogen) atoms. The molecule has 0 radical (unpaired) electrons. The highest BCUT2D eigenvalue weighted by atomic mass is 127. The first kappa shape index (κ1) is 15.0. The number of nitrogens with zero attached hydrogens (tertiary/aromatic N) is 1. The number of hydrogen-bond donors (Lipinski definition) is 1. The van der Waals surface area contributed by atoms with E-state index in [0.29, 0.717) is 14.5 Å². The molecule has 3 nitrogen and oxygen atoms in total. The lowest BCUT2D eigenvalue weighted by Gasteiger charge is -2.13. The maximum absolute atomic E-state index is 13.2. The maximum Gasteiger partial charge on any atom is 0.417 e. The van der Waals surface area contributed by atoms with E-state index < -0.39 is 17.3 Å². The Labute approximate surface area is 136 Å². The molecule has 112 valence electrons. The Balaban J connectivity index is 2.31. The molecular weight excluding hydrogens is 408 g/mol. The van der Waals surface area contributed by atoms with Crippen LogP contribution in [0, 0.1) is 3.57 Å². The van der Waals surface area contributed by atoms with E-state index in [1.165, 1.54) is 6.07 Å². The second kappa shape index (κ2) is 5.38. The molecule has 1 heterocycles. The molecule has 7 heteroatoms. The van der Waals surface area contributed by atoms with Crippen LogP contribution in [0.3, 0.4) is 0 Å². The first-order chi connectivity index (χ1) is 10.4. The predicted molar refractivity (Wildman–Crippen MR) is 85.5 cm³/mol. The van der Waals surface area contributed by atoms with Gasteiger partial charge < -0.3 is 4.98 Å². The number of H-pyrrole nitrogens is 1. The molecule has 0 bridgehead atoms. The summed E-state index contributed by atoms with van der Waals surface area (Å²) >= 11 is 1.81. The van der Waals surface area contributed by atoms with E-state index in [-0.39, 0.29) is 11.4 Å². The number of hydrogen-bond acceptors (Lipinski definition) is 2. The fraction of sp³-hybridized carbons (Fsp3) is 0.0667. The molecule has 0 spiro atoms. The minimum Gasteiger partial charge on any atom is -0.306 e. The summed E-state index contributed by atoms with van der Waals surface area (Å²) in [6, 6.07) is 10.4. The second-order valence-electron chi connectivity index (χ2n) is 4.62. The van der Waals surface area contributed by atoms with Crippen LogP contribution in [-0.4, -0.2) is 9.97 Å². The lowest BCUT2D eigenvalue weighted by atomic mass is 10.1.